The maximum atomic E-state index is 12.8. The summed E-state index contributed by atoms with van der Waals surface area (Å²) in [7, 11) is -32.0. The average molecular weight is 1130 g/mol. The lowest BCUT2D eigenvalue weighted by Gasteiger charge is -2.13. The summed E-state index contributed by atoms with van der Waals surface area (Å²) >= 11 is 6.02. The fourth-order valence-electron chi connectivity index (χ4n) is 6.40. The second-order valence-corrected chi connectivity index (χ2v) is 22.9. The molecule has 0 bridgehead atoms. The molecule has 0 spiro atoms. The first-order chi connectivity index (χ1) is 33.1. The molecule has 0 atom stereocenters. The standard InChI is InChI=1S/C35H24ClN9O21S6/c36-33-39-34(37-14-2-1-3-16(8-14)67(49,50)51)41-35(40-33)38-15-4-6-21(25(9-15)70(58,59)60)42-45-30-27(72(64,65)66)12-19-18(31(30)47)5-7-23(46)29(19)44-43-22-13-24(69(55,56)57)20-10-17(68(52,53)54)11-26(71(61,62)63)28(20)32(22)48/h1-13,46-48H,(H,49,50,51)(H,52,53,54)(H,55,56,57)(H,58,59,60)(H,61,62,63)(H,64,65,66)(H2,37,38,39,40,41). The van der Waals surface area contributed by atoms with Crippen molar-refractivity contribution in [1.29, 1.82) is 0 Å². The van der Waals surface area contributed by atoms with Crippen molar-refractivity contribution in [2.75, 3.05) is 10.6 Å². The highest BCUT2D eigenvalue weighted by atomic mass is 35.5. The first kappa shape index (κ1) is 52.6. The van der Waals surface area contributed by atoms with E-state index in [-0.39, 0.29) is 29.3 Å². The summed E-state index contributed by atoms with van der Waals surface area (Å²) in [5.74, 6) is -4.19. The number of rotatable bonds is 14. The number of phenols is 3. The number of halogens is 1. The molecule has 11 N–H and O–H groups in total. The molecule has 30 nitrogen and oxygen atoms in total. The van der Waals surface area contributed by atoms with Gasteiger partial charge in [0.25, 0.3) is 60.7 Å². The van der Waals surface area contributed by atoms with Crippen LogP contribution in [0.4, 0.5) is 46.0 Å². The molecule has 1 heterocycles. The Morgan fingerprint density at radius 2 is 0.986 bits per heavy atom. The van der Waals surface area contributed by atoms with Crippen molar-refractivity contribution in [2.24, 2.45) is 20.5 Å². The number of aromatic hydroxyl groups is 3. The van der Waals surface area contributed by atoms with E-state index in [1.807, 2.05) is 0 Å². The van der Waals surface area contributed by atoms with Crippen molar-refractivity contribution in [3.63, 3.8) is 0 Å². The molecule has 0 unspecified atom stereocenters. The lowest BCUT2D eigenvalue weighted by molar-refractivity contribution is 0.470. The smallest absolute Gasteiger partial charge is 0.296 e. The van der Waals surface area contributed by atoms with Crippen LogP contribution in [0.1, 0.15) is 0 Å². The van der Waals surface area contributed by atoms with Crippen LogP contribution >= 0.6 is 11.6 Å². The number of fused-ring (bicyclic) bond motifs is 2. The maximum absolute atomic E-state index is 12.8. The van der Waals surface area contributed by atoms with Crippen molar-refractivity contribution in [2.45, 2.75) is 29.4 Å². The molecule has 37 heteroatoms. The minimum absolute atomic E-state index is 0.0587. The lowest BCUT2D eigenvalue weighted by atomic mass is 10.1. The van der Waals surface area contributed by atoms with E-state index in [4.69, 9.17) is 11.6 Å². The molecule has 0 saturated carbocycles. The molecule has 7 rings (SSSR count). The van der Waals surface area contributed by atoms with E-state index in [2.05, 4.69) is 46.0 Å². The van der Waals surface area contributed by atoms with Crippen molar-refractivity contribution in [1.82, 2.24) is 15.0 Å². The van der Waals surface area contributed by atoms with Gasteiger partial charge in [0, 0.05) is 32.9 Å². The van der Waals surface area contributed by atoms with Crippen LogP contribution in [0.3, 0.4) is 0 Å². The summed E-state index contributed by atoms with van der Waals surface area (Å²) in [4.78, 5) is 4.60. The number of hydrogen-bond acceptors (Lipinski definition) is 24. The Morgan fingerprint density at radius 1 is 0.431 bits per heavy atom. The Morgan fingerprint density at radius 3 is 1.56 bits per heavy atom. The van der Waals surface area contributed by atoms with Crippen LogP contribution in [0.25, 0.3) is 21.5 Å². The Kier molecular flexibility index (Phi) is 13.5. The highest BCUT2D eigenvalue weighted by Crippen LogP contribution is 2.49. The van der Waals surface area contributed by atoms with Crippen LogP contribution in [0, 0.1) is 0 Å². The van der Waals surface area contributed by atoms with Crippen molar-refractivity contribution >= 4 is 140 Å². The zero-order valence-corrected chi connectivity index (χ0v) is 40.0. The van der Waals surface area contributed by atoms with Gasteiger partial charge in [-0.05, 0) is 84.4 Å². The van der Waals surface area contributed by atoms with Gasteiger partial charge in [-0.2, -0.15) is 65.5 Å². The Bertz CT molecular complexity index is 4280. The van der Waals surface area contributed by atoms with Crippen molar-refractivity contribution < 1.29 is 93.1 Å². The maximum Gasteiger partial charge on any atom is 0.296 e. The molecule has 0 saturated heterocycles. The van der Waals surface area contributed by atoms with Crippen LogP contribution in [-0.4, -0.2) is 108 Å². The van der Waals surface area contributed by atoms with Gasteiger partial charge in [-0.15, -0.1) is 20.5 Å². The number of phenolic OH excluding ortho intramolecular Hbond substituents is 3. The fraction of sp³-hybridized carbons (Fsp3) is 0. The van der Waals surface area contributed by atoms with Crippen molar-refractivity contribution in [3.05, 3.63) is 84.1 Å². The molecule has 0 amide bonds. The highest BCUT2D eigenvalue weighted by molar-refractivity contribution is 7.87. The monoisotopic (exact) mass is 1130 g/mol. The topological polar surface area (TPSA) is 499 Å². The number of azo groups is 2. The number of benzene rings is 6. The Hall–Kier alpha value is -7.20. The SMILES string of the molecule is O=S(=O)(O)c1cccc(Nc2nc(Cl)nc(Nc3ccc(N=Nc4c(S(=O)(=O)O)cc5c(N=Nc6cc(S(=O)(=O)O)c7cc(S(=O)(=O)O)cc(S(=O)(=O)O)c7c6O)c(O)ccc5c4O)c(S(=O)(=O)O)c3)n2)c1. The largest absolute Gasteiger partial charge is 0.506 e. The van der Waals surface area contributed by atoms with Crippen LogP contribution in [0.2, 0.25) is 5.28 Å². The predicted octanol–water partition coefficient (Wildman–Crippen LogP) is 5.75. The van der Waals surface area contributed by atoms with E-state index in [0.717, 1.165) is 42.5 Å². The summed E-state index contributed by atoms with van der Waals surface area (Å²) in [6.45, 7) is 0. The number of anilines is 4. The van der Waals surface area contributed by atoms with E-state index in [1.165, 1.54) is 12.1 Å². The lowest BCUT2D eigenvalue weighted by Crippen LogP contribution is -2.07. The molecular weight excluding hydrogens is 1110 g/mol. The third-order valence-electron chi connectivity index (χ3n) is 9.41. The normalized spacial score (nSPS) is 13.1. The average Bonchev–Trinajstić information content (AvgIpc) is 3.24. The molecule has 378 valence electrons. The van der Waals surface area contributed by atoms with Crippen LogP contribution in [-0.2, 0) is 60.7 Å². The zero-order chi connectivity index (χ0) is 53.3. The predicted molar refractivity (Wildman–Crippen MR) is 244 cm³/mol. The molecule has 0 fully saturated rings. The highest BCUT2D eigenvalue weighted by Gasteiger charge is 2.30. The van der Waals surface area contributed by atoms with Gasteiger partial charge in [0.05, 0.1) is 9.79 Å². The minimum Gasteiger partial charge on any atom is -0.506 e. The molecule has 7 aromatic rings. The quantitative estimate of drug-likeness (QED) is 0.0456. The Balaban J connectivity index is 1.30. The van der Waals surface area contributed by atoms with Gasteiger partial charge in [0.15, 0.2) is 11.5 Å². The van der Waals surface area contributed by atoms with Gasteiger partial charge < -0.3 is 26.0 Å². The molecule has 0 aliphatic heterocycles. The number of nitrogens with zero attached hydrogens (tertiary/aromatic N) is 7. The minimum atomic E-state index is -5.63. The summed E-state index contributed by atoms with van der Waals surface area (Å²) in [6.07, 6.45) is 0. The van der Waals surface area contributed by atoms with Gasteiger partial charge >= 0.3 is 0 Å². The second kappa shape index (κ2) is 18.4. The van der Waals surface area contributed by atoms with E-state index < -0.39 is 157 Å². The third-order valence-corrected chi connectivity index (χ3v) is 14.8. The first-order valence-electron chi connectivity index (χ1n) is 18.3. The molecule has 6 aromatic carbocycles. The molecular formula is C35H24ClN9O21S6. The molecule has 0 aliphatic carbocycles. The van der Waals surface area contributed by atoms with Gasteiger partial charge in [-0.25, -0.2) is 0 Å². The van der Waals surface area contributed by atoms with Crippen LogP contribution in [0.15, 0.2) is 129 Å². The summed E-state index contributed by atoms with van der Waals surface area (Å²) < 4.78 is 206. The summed E-state index contributed by atoms with van der Waals surface area (Å²) in [5, 5.41) is 49.0. The van der Waals surface area contributed by atoms with Gasteiger partial charge in [-0.1, -0.05) is 6.07 Å². The molecule has 0 aliphatic rings. The molecule has 72 heavy (non-hydrogen) atoms. The van der Waals surface area contributed by atoms with Crippen LogP contribution < -0.4 is 10.6 Å². The van der Waals surface area contributed by atoms with Crippen molar-refractivity contribution in [3.8, 4) is 17.2 Å². The van der Waals surface area contributed by atoms with E-state index >= 15 is 0 Å². The second-order valence-electron chi connectivity index (χ2n) is 14.1. The summed E-state index contributed by atoms with van der Waals surface area (Å²) in [5.41, 5.74) is -3.99. The van der Waals surface area contributed by atoms with Gasteiger partial charge in [0.2, 0.25) is 17.2 Å². The number of hydrogen-bond donors (Lipinski definition) is 11. The van der Waals surface area contributed by atoms with Crippen LogP contribution in [0.5, 0.6) is 17.2 Å². The van der Waals surface area contributed by atoms with Gasteiger partial charge in [-0.3, -0.25) is 27.3 Å². The Labute approximate surface area is 407 Å². The third kappa shape index (κ3) is 11.1. The van der Waals surface area contributed by atoms with E-state index in [0.29, 0.717) is 18.2 Å². The number of nitrogens with one attached hydrogen (secondary N) is 2. The first-order valence-corrected chi connectivity index (χ1v) is 27.4. The number of aromatic nitrogens is 3. The summed E-state index contributed by atoms with van der Waals surface area (Å²) in [6, 6.07) is 10.4. The van der Waals surface area contributed by atoms with E-state index in [1.54, 1.807) is 0 Å². The molecule has 1 aromatic heterocycles. The zero-order valence-electron chi connectivity index (χ0n) is 34.4. The van der Waals surface area contributed by atoms with E-state index in [9.17, 15) is 93.1 Å². The molecule has 0 radical (unpaired) electrons. The van der Waals surface area contributed by atoms with Gasteiger partial charge in [0.1, 0.15) is 48.1 Å². The fourth-order valence-corrected chi connectivity index (χ4v) is 10.4.